The first kappa shape index (κ1) is 31.3. The van der Waals surface area contributed by atoms with Gasteiger partial charge in [0.25, 0.3) is 0 Å². The van der Waals surface area contributed by atoms with Gasteiger partial charge in [-0.25, -0.2) is 9.79 Å². The lowest BCUT2D eigenvalue weighted by Gasteiger charge is -2.35. The molecule has 4 unspecified atom stereocenters. The molecule has 0 radical (unpaired) electrons. The summed E-state index contributed by atoms with van der Waals surface area (Å²) in [5, 5.41) is 6.08. The molecule has 10 nitrogen and oxygen atoms in total. The van der Waals surface area contributed by atoms with Crippen LogP contribution >= 0.6 is 0 Å². The van der Waals surface area contributed by atoms with Gasteiger partial charge in [0.05, 0.1) is 24.1 Å². The monoisotopic (exact) mass is 577 g/mol. The van der Waals surface area contributed by atoms with E-state index in [0.29, 0.717) is 18.8 Å². The summed E-state index contributed by atoms with van der Waals surface area (Å²) in [6.07, 6.45) is 10.0. The Hall–Kier alpha value is -3.66. The molecule has 2 heterocycles. The Labute approximate surface area is 250 Å². The zero-order chi connectivity index (χ0) is 30.4. The highest BCUT2D eigenvalue weighted by atomic mass is 16.2. The smallest absolute Gasteiger partial charge is 0.323 e. The van der Waals surface area contributed by atoms with Gasteiger partial charge in [0, 0.05) is 38.8 Å². The summed E-state index contributed by atoms with van der Waals surface area (Å²) in [6.45, 7) is 7.25. The van der Waals surface area contributed by atoms with Crippen LogP contribution in [0.1, 0.15) is 63.4 Å². The summed E-state index contributed by atoms with van der Waals surface area (Å²) in [6, 6.07) is 6.59. The van der Waals surface area contributed by atoms with E-state index in [1.54, 1.807) is 37.9 Å². The van der Waals surface area contributed by atoms with Crippen molar-refractivity contribution in [2.75, 3.05) is 39.1 Å². The molecule has 4 amide bonds. The molecular formula is C32H47N7O3. The second-order valence-corrected chi connectivity index (χ2v) is 11.9. The minimum Gasteiger partial charge on any atom is -0.390 e. The van der Waals surface area contributed by atoms with Crippen LogP contribution in [0.3, 0.4) is 0 Å². The predicted octanol–water partition coefficient (Wildman–Crippen LogP) is 3.36. The summed E-state index contributed by atoms with van der Waals surface area (Å²) in [5.74, 6) is -0.262. The number of carbonyl (C=O) groups excluding carboxylic acids is 3. The van der Waals surface area contributed by atoms with Gasteiger partial charge in [-0.3, -0.25) is 14.5 Å². The third-order valence-corrected chi connectivity index (χ3v) is 8.97. The van der Waals surface area contributed by atoms with Crippen molar-refractivity contribution in [2.45, 2.75) is 75.9 Å². The standard InChI is InChI=1S/C32H47N7O3/c1-21(18-26(35-20-33)25-19-39(32(42)37(4)5)28-15-10-9-14-24(25)28)27-16-11-17-38(27)31(41)29(23-12-7-6-8-13-23)36-30(40)22(2)34-3/h9-10,14-15,18,20,22-23,25,27,29,34H,1,6-8,11-13,16-17,19H2,2-5H3,(H2,33,35)(H,36,40)/b26-18-. The highest BCUT2D eigenvalue weighted by Gasteiger charge is 2.40. The number of hydrogen-bond acceptors (Lipinski definition) is 5. The zero-order valence-corrected chi connectivity index (χ0v) is 25.5. The maximum absolute atomic E-state index is 14.1. The van der Waals surface area contributed by atoms with Crippen LogP contribution in [0.2, 0.25) is 0 Å². The average Bonchev–Trinajstić information content (AvgIpc) is 3.64. The molecule has 228 valence electrons. The number of likely N-dealkylation sites (N-methyl/N-ethyl adjacent to an activating group) is 1. The van der Waals surface area contributed by atoms with Crippen molar-refractivity contribution in [1.29, 1.82) is 0 Å². The second-order valence-electron chi connectivity index (χ2n) is 11.9. The molecule has 3 aliphatic rings. The Balaban J connectivity index is 1.60. The number of likely N-dealkylation sites (tertiary alicyclic amines) is 1. The lowest BCUT2D eigenvalue weighted by atomic mass is 9.83. The molecule has 2 aliphatic heterocycles. The molecule has 1 aromatic rings. The highest BCUT2D eigenvalue weighted by molar-refractivity contribution is 5.95. The van der Waals surface area contributed by atoms with Gasteiger partial charge < -0.3 is 26.2 Å². The number of para-hydroxylation sites is 1. The van der Waals surface area contributed by atoms with Gasteiger partial charge >= 0.3 is 6.03 Å². The van der Waals surface area contributed by atoms with Gasteiger partial charge in [0.15, 0.2) is 0 Å². The molecule has 1 saturated heterocycles. The molecule has 4 rings (SSSR count). The zero-order valence-electron chi connectivity index (χ0n) is 25.5. The lowest BCUT2D eigenvalue weighted by Crippen LogP contribution is -2.56. The van der Waals surface area contributed by atoms with Crippen LogP contribution in [0.15, 0.2) is 53.2 Å². The number of urea groups is 1. The number of hydrogen-bond donors (Lipinski definition) is 3. The molecule has 0 spiro atoms. The van der Waals surface area contributed by atoms with E-state index in [2.05, 4.69) is 22.2 Å². The predicted molar refractivity (Wildman–Crippen MR) is 167 cm³/mol. The summed E-state index contributed by atoms with van der Waals surface area (Å²) in [4.78, 5) is 49.8. The number of benzene rings is 1. The molecule has 4 N–H and O–H groups in total. The fourth-order valence-corrected chi connectivity index (χ4v) is 6.54. The van der Waals surface area contributed by atoms with Gasteiger partial charge in [-0.15, -0.1) is 0 Å². The van der Waals surface area contributed by atoms with E-state index in [0.717, 1.165) is 55.3 Å². The number of carbonyl (C=O) groups is 3. The SMILES string of the molecule is C=C(/C=C(\N=CN)C1CN(C(=O)N(C)C)c2ccccc21)C1CCCN1C(=O)C(NC(=O)C(C)NC)C1CCCCC1. The van der Waals surface area contributed by atoms with Gasteiger partial charge in [0.1, 0.15) is 6.04 Å². The largest absolute Gasteiger partial charge is 0.390 e. The van der Waals surface area contributed by atoms with Crippen molar-refractivity contribution in [3.8, 4) is 0 Å². The van der Waals surface area contributed by atoms with Crippen molar-refractivity contribution >= 4 is 29.9 Å². The summed E-state index contributed by atoms with van der Waals surface area (Å²) in [7, 11) is 5.22. The summed E-state index contributed by atoms with van der Waals surface area (Å²) in [5.41, 5.74) is 9.12. The third-order valence-electron chi connectivity index (χ3n) is 8.97. The number of rotatable bonds is 9. The quantitative estimate of drug-likeness (QED) is 0.236. The van der Waals surface area contributed by atoms with Gasteiger partial charge in [-0.2, -0.15) is 0 Å². The van der Waals surface area contributed by atoms with Crippen molar-refractivity contribution in [3.05, 3.63) is 53.8 Å². The lowest BCUT2D eigenvalue weighted by molar-refractivity contribution is -0.139. The molecule has 42 heavy (non-hydrogen) atoms. The Kier molecular flexibility index (Phi) is 10.4. The van der Waals surface area contributed by atoms with E-state index in [9.17, 15) is 14.4 Å². The number of nitrogens with two attached hydrogens (primary N) is 1. The fraction of sp³-hybridized carbons (Fsp3) is 0.562. The Morgan fingerprint density at radius 1 is 1.12 bits per heavy atom. The van der Waals surface area contributed by atoms with Crippen LogP contribution in [0.4, 0.5) is 10.5 Å². The second kappa shape index (κ2) is 14.0. The Morgan fingerprint density at radius 3 is 2.50 bits per heavy atom. The maximum atomic E-state index is 14.1. The maximum Gasteiger partial charge on any atom is 0.323 e. The molecule has 4 atom stereocenters. The van der Waals surface area contributed by atoms with E-state index in [1.807, 2.05) is 35.2 Å². The topological polar surface area (TPSA) is 123 Å². The number of anilines is 1. The van der Waals surface area contributed by atoms with Crippen LogP contribution in [-0.4, -0.2) is 86.3 Å². The van der Waals surface area contributed by atoms with Crippen molar-refractivity contribution < 1.29 is 14.4 Å². The van der Waals surface area contributed by atoms with Crippen molar-refractivity contribution in [1.82, 2.24) is 20.4 Å². The van der Waals surface area contributed by atoms with Crippen LogP contribution in [0.25, 0.3) is 0 Å². The highest BCUT2D eigenvalue weighted by Crippen LogP contribution is 2.42. The number of fused-ring (bicyclic) bond motifs is 1. The Morgan fingerprint density at radius 2 is 1.83 bits per heavy atom. The van der Waals surface area contributed by atoms with E-state index in [4.69, 9.17) is 5.73 Å². The number of amides is 4. The van der Waals surface area contributed by atoms with E-state index >= 15 is 0 Å². The molecule has 0 aromatic heterocycles. The molecule has 1 aliphatic carbocycles. The van der Waals surface area contributed by atoms with E-state index in [-0.39, 0.29) is 41.8 Å². The van der Waals surface area contributed by atoms with Crippen LogP contribution < -0.4 is 21.3 Å². The normalized spacial score (nSPS) is 22.6. The molecule has 0 bridgehead atoms. The molecule has 2 fully saturated rings. The minimum absolute atomic E-state index is 0.0338. The summed E-state index contributed by atoms with van der Waals surface area (Å²) < 4.78 is 0. The number of nitrogens with one attached hydrogen (secondary N) is 2. The molecular weight excluding hydrogens is 530 g/mol. The van der Waals surface area contributed by atoms with Crippen LogP contribution in [-0.2, 0) is 9.59 Å². The average molecular weight is 578 g/mol. The number of nitrogens with zero attached hydrogens (tertiary/aromatic N) is 4. The van der Waals surface area contributed by atoms with Gasteiger partial charge in [-0.1, -0.05) is 44.0 Å². The van der Waals surface area contributed by atoms with E-state index < -0.39 is 6.04 Å². The fourth-order valence-electron chi connectivity index (χ4n) is 6.54. The third kappa shape index (κ3) is 6.69. The first-order valence-corrected chi connectivity index (χ1v) is 15.2. The van der Waals surface area contributed by atoms with Crippen molar-refractivity contribution in [3.63, 3.8) is 0 Å². The van der Waals surface area contributed by atoms with Gasteiger partial charge in [-0.05, 0) is 68.9 Å². The van der Waals surface area contributed by atoms with Crippen LogP contribution in [0.5, 0.6) is 0 Å². The van der Waals surface area contributed by atoms with Crippen molar-refractivity contribution in [2.24, 2.45) is 16.6 Å². The van der Waals surface area contributed by atoms with Crippen LogP contribution in [0, 0.1) is 5.92 Å². The Bertz CT molecular complexity index is 1220. The van der Waals surface area contributed by atoms with E-state index in [1.165, 1.54) is 12.8 Å². The first-order chi connectivity index (χ1) is 20.2. The molecule has 1 aromatic carbocycles. The molecule has 1 saturated carbocycles. The molecule has 10 heteroatoms. The summed E-state index contributed by atoms with van der Waals surface area (Å²) >= 11 is 0. The minimum atomic E-state index is -0.556. The first-order valence-electron chi connectivity index (χ1n) is 15.2. The number of aliphatic imine (C=N–C) groups is 1. The van der Waals surface area contributed by atoms with Gasteiger partial charge in [0.2, 0.25) is 11.8 Å².